The molecule has 0 bridgehead atoms. The van der Waals surface area contributed by atoms with Gasteiger partial charge in [-0.1, -0.05) is 13.3 Å². The van der Waals surface area contributed by atoms with Gasteiger partial charge in [-0.2, -0.15) is 0 Å². The number of rotatable bonds is 3. The number of nitro benzene ring substituents is 2. The maximum Gasteiger partial charge on any atom is 0.322 e. The number of carbonyl (C=O) groups is 1. The highest BCUT2D eigenvalue weighted by Gasteiger charge is 2.58. The average Bonchev–Trinajstić information content (AvgIpc) is 2.53. The number of carboxylic acids is 1. The minimum absolute atomic E-state index is 0.258. The van der Waals surface area contributed by atoms with Gasteiger partial charge in [0.25, 0.3) is 5.75 Å². The first kappa shape index (κ1) is 18.1. The summed E-state index contributed by atoms with van der Waals surface area (Å²) in [7, 11) is 0. The maximum absolute atomic E-state index is 11.9. The van der Waals surface area contributed by atoms with Gasteiger partial charge < -0.3 is 10.2 Å². The average molecular weight is 364 g/mol. The smallest absolute Gasteiger partial charge is 0.322 e. The van der Waals surface area contributed by atoms with E-state index in [0.29, 0.717) is 37.7 Å². The predicted molar refractivity (Wildman–Crippen MR) is 90.2 cm³/mol. The predicted octanol–water partition coefficient (Wildman–Crippen LogP) is 3.30. The summed E-state index contributed by atoms with van der Waals surface area (Å²) in [5.41, 5.74) is -2.50. The summed E-state index contributed by atoms with van der Waals surface area (Å²) in [6.07, 6.45) is 2.37. The van der Waals surface area contributed by atoms with E-state index in [1.54, 1.807) is 13.8 Å². The number of fused-ring (bicyclic) bond motifs is 3. The molecular formula is C17H20N2O7. The van der Waals surface area contributed by atoms with Crippen LogP contribution in [0.1, 0.15) is 50.7 Å². The number of aromatic hydroxyl groups is 1. The maximum atomic E-state index is 11.9. The summed E-state index contributed by atoms with van der Waals surface area (Å²) in [5, 5.41) is 42.9. The van der Waals surface area contributed by atoms with Crippen molar-refractivity contribution in [1.82, 2.24) is 0 Å². The molecule has 2 N–H and O–H groups in total. The number of nitro groups is 2. The Bertz CT molecular complexity index is 837. The number of carboxylic acid groups (broad SMARTS) is 1. The number of aliphatic carboxylic acids is 1. The minimum Gasteiger partial charge on any atom is -0.497 e. The second kappa shape index (κ2) is 5.65. The fourth-order valence-electron chi connectivity index (χ4n) is 5.22. The van der Waals surface area contributed by atoms with Crippen LogP contribution in [0.15, 0.2) is 6.07 Å². The molecule has 2 aliphatic rings. The van der Waals surface area contributed by atoms with Crippen LogP contribution in [-0.2, 0) is 16.6 Å². The lowest BCUT2D eigenvalue weighted by molar-refractivity contribution is -0.397. The first-order chi connectivity index (χ1) is 12.0. The van der Waals surface area contributed by atoms with E-state index in [1.807, 2.05) is 0 Å². The number of hydrogen-bond donors (Lipinski definition) is 2. The number of nitrogens with zero attached hydrogens (tertiary/aromatic N) is 2. The molecule has 0 amide bonds. The van der Waals surface area contributed by atoms with Gasteiger partial charge in [0.1, 0.15) is 0 Å². The van der Waals surface area contributed by atoms with Gasteiger partial charge in [0.05, 0.1) is 15.3 Å². The molecule has 0 spiro atoms. The third-order valence-electron chi connectivity index (χ3n) is 6.41. The summed E-state index contributed by atoms with van der Waals surface area (Å²) in [6, 6.07) is 1.20. The van der Waals surface area contributed by atoms with Gasteiger partial charge in [0.2, 0.25) is 0 Å². The SMILES string of the molecule is C[C@@]1(C(=O)O)CCC[C@@]2(C)c3c(cc([N+](=O)[O-])c(O)c3[N+](=O)[O-])CC[C@@H]12. The molecule has 0 radical (unpaired) electrons. The molecule has 1 aromatic rings. The Kier molecular flexibility index (Phi) is 3.93. The van der Waals surface area contributed by atoms with Crippen LogP contribution in [0.2, 0.25) is 0 Å². The molecule has 1 aromatic carbocycles. The van der Waals surface area contributed by atoms with Gasteiger partial charge in [-0.15, -0.1) is 0 Å². The zero-order valence-electron chi connectivity index (χ0n) is 14.5. The van der Waals surface area contributed by atoms with Crippen LogP contribution in [0.25, 0.3) is 0 Å². The molecule has 1 fully saturated rings. The zero-order valence-corrected chi connectivity index (χ0v) is 14.5. The Morgan fingerprint density at radius 2 is 1.88 bits per heavy atom. The third-order valence-corrected chi connectivity index (χ3v) is 6.41. The molecule has 1 saturated carbocycles. The van der Waals surface area contributed by atoms with Crippen LogP contribution in [0, 0.1) is 31.6 Å². The third kappa shape index (κ3) is 2.26. The van der Waals surface area contributed by atoms with E-state index in [4.69, 9.17) is 0 Å². The van der Waals surface area contributed by atoms with Gasteiger partial charge in [-0.05, 0) is 44.1 Å². The lowest BCUT2D eigenvalue weighted by Gasteiger charge is -2.53. The van der Waals surface area contributed by atoms with Gasteiger partial charge >= 0.3 is 17.3 Å². The monoisotopic (exact) mass is 364 g/mol. The van der Waals surface area contributed by atoms with E-state index in [1.165, 1.54) is 6.07 Å². The molecule has 140 valence electrons. The molecule has 0 heterocycles. The Morgan fingerprint density at radius 1 is 1.23 bits per heavy atom. The van der Waals surface area contributed by atoms with Gasteiger partial charge in [0.15, 0.2) is 0 Å². The van der Waals surface area contributed by atoms with E-state index < -0.39 is 43.8 Å². The first-order valence-electron chi connectivity index (χ1n) is 8.45. The summed E-state index contributed by atoms with van der Waals surface area (Å²) in [4.78, 5) is 33.2. The zero-order chi connectivity index (χ0) is 19.4. The Hall–Kier alpha value is -2.71. The van der Waals surface area contributed by atoms with E-state index >= 15 is 0 Å². The Labute approximate surface area is 148 Å². The topological polar surface area (TPSA) is 144 Å². The molecule has 9 heteroatoms. The molecule has 0 unspecified atom stereocenters. The fraction of sp³-hybridized carbons (Fsp3) is 0.588. The van der Waals surface area contributed by atoms with Crippen LogP contribution in [0.4, 0.5) is 11.4 Å². The van der Waals surface area contributed by atoms with E-state index in [-0.39, 0.29) is 11.5 Å². The molecule has 2 aliphatic carbocycles. The molecular weight excluding hydrogens is 344 g/mol. The molecule has 3 rings (SSSR count). The van der Waals surface area contributed by atoms with Crippen molar-refractivity contribution < 1.29 is 24.9 Å². The highest BCUT2D eigenvalue weighted by Crippen LogP contribution is 2.60. The Morgan fingerprint density at radius 3 is 2.42 bits per heavy atom. The second-order valence-corrected chi connectivity index (χ2v) is 7.73. The van der Waals surface area contributed by atoms with Crippen molar-refractivity contribution in [3.8, 4) is 5.75 Å². The summed E-state index contributed by atoms with van der Waals surface area (Å²) in [5.74, 6) is -2.25. The van der Waals surface area contributed by atoms with Gasteiger partial charge in [0, 0.05) is 17.0 Å². The first-order valence-corrected chi connectivity index (χ1v) is 8.45. The number of phenols is 1. The van der Waals surface area contributed by atoms with Crippen LogP contribution in [-0.4, -0.2) is 26.0 Å². The number of hydrogen-bond acceptors (Lipinski definition) is 6. The van der Waals surface area contributed by atoms with Crippen molar-refractivity contribution in [1.29, 1.82) is 0 Å². The van der Waals surface area contributed by atoms with Crippen molar-refractivity contribution in [2.75, 3.05) is 0 Å². The fourth-order valence-corrected chi connectivity index (χ4v) is 5.22. The molecule has 0 saturated heterocycles. The van der Waals surface area contributed by atoms with Crippen molar-refractivity contribution in [3.05, 3.63) is 37.4 Å². The van der Waals surface area contributed by atoms with Crippen LogP contribution < -0.4 is 0 Å². The van der Waals surface area contributed by atoms with Crippen molar-refractivity contribution in [2.24, 2.45) is 11.3 Å². The highest BCUT2D eigenvalue weighted by molar-refractivity contribution is 5.76. The number of aryl methyl sites for hydroxylation is 1. The summed E-state index contributed by atoms with van der Waals surface area (Å²) >= 11 is 0. The van der Waals surface area contributed by atoms with Crippen molar-refractivity contribution in [3.63, 3.8) is 0 Å². The van der Waals surface area contributed by atoms with Gasteiger partial charge in [-0.25, -0.2) is 0 Å². The summed E-state index contributed by atoms with van der Waals surface area (Å²) in [6.45, 7) is 3.45. The normalized spacial score (nSPS) is 30.2. The largest absolute Gasteiger partial charge is 0.497 e. The highest BCUT2D eigenvalue weighted by atomic mass is 16.6. The van der Waals surface area contributed by atoms with E-state index in [2.05, 4.69) is 0 Å². The lowest BCUT2D eigenvalue weighted by Crippen LogP contribution is -2.52. The second-order valence-electron chi connectivity index (χ2n) is 7.73. The molecule has 3 atom stereocenters. The summed E-state index contributed by atoms with van der Waals surface area (Å²) < 4.78 is 0. The number of phenolic OH excluding ortho intramolecular Hbond substituents is 1. The van der Waals surface area contributed by atoms with Gasteiger partial charge in [-0.3, -0.25) is 25.0 Å². The quantitative estimate of drug-likeness (QED) is 0.618. The minimum atomic E-state index is -1.03. The molecule has 0 aromatic heterocycles. The van der Waals surface area contributed by atoms with Crippen LogP contribution in [0.5, 0.6) is 5.75 Å². The van der Waals surface area contributed by atoms with Crippen LogP contribution >= 0.6 is 0 Å². The Balaban J connectivity index is 2.31. The molecule has 0 aliphatic heterocycles. The van der Waals surface area contributed by atoms with Crippen LogP contribution in [0.3, 0.4) is 0 Å². The van der Waals surface area contributed by atoms with Crippen molar-refractivity contribution in [2.45, 2.75) is 51.4 Å². The van der Waals surface area contributed by atoms with E-state index in [9.17, 15) is 35.2 Å². The standard InChI is InChI=1S/C17H20N2O7/c1-16-6-3-7-17(2,15(21)22)11(16)5-4-9-8-10(18(23)24)14(20)13(12(9)16)19(25)26/h8,11,20H,3-7H2,1-2H3,(H,21,22)/t11-,16-,17-/m1/s1. The van der Waals surface area contributed by atoms with E-state index in [0.717, 1.165) is 0 Å². The lowest BCUT2D eigenvalue weighted by atomic mass is 9.49. The molecule has 9 nitrogen and oxygen atoms in total. The molecule has 26 heavy (non-hydrogen) atoms. The van der Waals surface area contributed by atoms with Crippen molar-refractivity contribution >= 4 is 17.3 Å². The number of benzene rings is 1.